The first-order chi connectivity index (χ1) is 40.8. The Hall–Kier alpha value is -10.7. The van der Waals surface area contributed by atoms with Gasteiger partial charge in [-0.25, -0.2) is 0 Å². The van der Waals surface area contributed by atoms with E-state index in [1.165, 1.54) is 186 Å². The third-order valence-corrected chi connectivity index (χ3v) is 18.3. The Balaban J connectivity index is 1.11. The maximum absolute atomic E-state index is 2.46. The second-order valence-corrected chi connectivity index (χ2v) is 22.3. The first kappa shape index (κ1) is 45.2. The van der Waals surface area contributed by atoms with Crippen molar-refractivity contribution in [2.45, 2.75) is 0 Å². The third kappa shape index (κ3) is 6.21. The SMILES string of the molecule is c1ccc(-c2ccccc2-c2c3cccc4c3c(c3cccc5c(-c6ccccc6)c6c7ccc(-c8ccccc8)c8c(-c9ccccc9)ccc(c87)c6c4c53)c3c4ccc(-c5ccccc5)c5c(-c6ccccc6)ccc(c23)c54)cc1. The predicted molar refractivity (Wildman–Crippen MR) is 353 cm³/mol. The molecule has 0 aliphatic heterocycles. The van der Waals surface area contributed by atoms with Gasteiger partial charge in [-0.3, -0.25) is 0 Å². The fourth-order valence-electron chi connectivity index (χ4n) is 15.1. The minimum atomic E-state index is 1.20. The van der Waals surface area contributed by atoms with Gasteiger partial charge >= 0.3 is 0 Å². The molecular weight excluding hydrogens is 985 g/mol. The highest BCUT2D eigenvalue weighted by Gasteiger charge is 2.31. The molecule has 0 aliphatic carbocycles. The summed E-state index contributed by atoms with van der Waals surface area (Å²) in [6.45, 7) is 0. The van der Waals surface area contributed by atoms with Gasteiger partial charge in [0.05, 0.1) is 0 Å². The number of benzene rings is 16. The fraction of sp³-hybridized carbons (Fsp3) is 0. The lowest BCUT2D eigenvalue weighted by molar-refractivity contribution is 1.61. The van der Waals surface area contributed by atoms with Crippen molar-refractivity contribution in [3.63, 3.8) is 0 Å². The molecule has 0 amide bonds. The highest BCUT2D eigenvalue weighted by Crippen LogP contribution is 2.59. The molecule has 0 saturated carbocycles. The van der Waals surface area contributed by atoms with Crippen molar-refractivity contribution in [1.82, 2.24) is 0 Å². The molecule has 18 aromatic rings. The lowest BCUT2D eigenvalue weighted by Crippen LogP contribution is -1.94. The summed E-state index contributed by atoms with van der Waals surface area (Å²) in [6, 6.07) is 109. The van der Waals surface area contributed by atoms with E-state index in [0.717, 1.165) is 0 Å². The zero-order valence-corrected chi connectivity index (χ0v) is 44.7. The summed E-state index contributed by atoms with van der Waals surface area (Å²) in [6.07, 6.45) is 0. The van der Waals surface area contributed by atoms with E-state index in [2.05, 4.69) is 291 Å². The molecular formula is C82H48. The van der Waals surface area contributed by atoms with Crippen LogP contribution in [0, 0.1) is 0 Å². The molecule has 0 saturated heterocycles. The lowest BCUT2D eigenvalue weighted by Gasteiger charge is -2.22. The fourth-order valence-corrected chi connectivity index (χ4v) is 15.1. The van der Waals surface area contributed by atoms with Crippen molar-refractivity contribution in [3.05, 3.63) is 291 Å². The summed E-state index contributed by atoms with van der Waals surface area (Å²) in [5.41, 5.74) is 17.3. The Morgan fingerprint density at radius 2 is 0.366 bits per heavy atom. The Morgan fingerprint density at radius 3 is 0.756 bits per heavy atom. The Kier molecular flexibility index (Phi) is 9.61. The highest BCUT2D eigenvalue weighted by atomic mass is 14.3. The van der Waals surface area contributed by atoms with Crippen LogP contribution < -0.4 is 0 Å². The summed E-state index contributed by atoms with van der Waals surface area (Å²) in [4.78, 5) is 0. The van der Waals surface area contributed by atoms with Crippen LogP contribution in [-0.2, 0) is 0 Å². The van der Waals surface area contributed by atoms with Gasteiger partial charge in [-0.1, -0.05) is 291 Å². The summed E-state index contributed by atoms with van der Waals surface area (Å²) in [7, 11) is 0. The van der Waals surface area contributed by atoms with Crippen LogP contribution in [-0.4, -0.2) is 0 Å². The van der Waals surface area contributed by atoms with Gasteiger partial charge in [-0.2, -0.15) is 0 Å². The molecule has 0 unspecified atom stereocenters. The van der Waals surface area contributed by atoms with E-state index >= 15 is 0 Å². The third-order valence-electron chi connectivity index (χ3n) is 18.3. The minimum absolute atomic E-state index is 1.20. The van der Waals surface area contributed by atoms with Crippen molar-refractivity contribution < 1.29 is 0 Å². The average molecular weight is 1030 g/mol. The Labute approximate surface area is 474 Å². The Morgan fingerprint density at radius 1 is 0.110 bits per heavy atom. The largest absolute Gasteiger partial charge is 0.0622 e. The van der Waals surface area contributed by atoms with Crippen molar-refractivity contribution in [3.8, 4) is 77.9 Å². The summed E-state index contributed by atoms with van der Waals surface area (Å²) in [5.74, 6) is 0. The zero-order chi connectivity index (χ0) is 53.6. The molecule has 0 heteroatoms. The van der Waals surface area contributed by atoms with Crippen LogP contribution in [0.5, 0.6) is 0 Å². The molecule has 18 aromatic carbocycles. The smallest absolute Gasteiger partial charge is 0.000695 e. The van der Waals surface area contributed by atoms with Crippen molar-refractivity contribution in [2.75, 3.05) is 0 Å². The van der Waals surface area contributed by atoms with Crippen molar-refractivity contribution in [2.24, 2.45) is 0 Å². The van der Waals surface area contributed by atoms with Gasteiger partial charge in [0.25, 0.3) is 0 Å². The van der Waals surface area contributed by atoms with Gasteiger partial charge in [0.15, 0.2) is 0 Å². The van der Waals surface area contributed by atoms with Crippen LogP contribution in [0.1, 0.15) is 0 Å². The molecule has 0 aliphatic rings. The first-order valence-electron chi connectivity index (χ1n) is 28.7. The quantitative estimate of drug-likeness (QED) is 0.110. The second kappa shape index (κ2) is 17.4. The summed E-state index contributed by atoms with van der Waals surface area (Å²) < 4.78 is 0. The van der Waals surface area contributed by atoms with Gasteiger partial charge in [0.2, 0.25) is 0 Å². The molecule has 0 fully saturated rings. The van der Waals surface area contributed by atoms with Gasteiger partial charge in [0, 0.05) is 0 Å². The van der Waals surface area contributed by atoms with E-state index in [-0.39, 0.29) is 0 Å². The molecule has 82 heavy (non-hydrogen) atoms. The molecule has 0 nitrogen and oxygen atoms in total. The molecule has 0 atom stereocenters. The standard InChI is InChI=1S/C82H48/c1-7-23-49(24-8-1)55-35-19-20-36-60(55)72-62-38-22-40-64-76(62)79(82-68-48-44-59(53-31-15-5-16-32-53)71-57(51-27-11-3-12-28-51)42-46-66(74(68)71)80(72)82)63-39-21-37-61-69(54-33-17-6-18-34-54)77-65-45-41-56(50-25-9-2-10-26-50)70-58(52-29-13-4-14-30-52)43-47-67(73(65)70)81(77)78(64)75(61)63/h1-48H. The van der Waals surface area contributed by atoms with Gasteiger partial charge in [-0.05, 0) is 186 Å². The zero-order valence-electron chi connectivity index (χ0n) is 44.7. The molecule has 0 aromatic heterocycles. The maximum atomic E-state index is 2.46. The molecule has 0 bridgehead atoms. The van der Waals surface area contributed by atoms with Gasteiger partial charge in [0.1, 0.15) is 0 Å². The molecule has 0 heterocycles. The van der Waals surface area contributed by atoms with E-state index in [1.54, 1.807) is 0 Å². The summed E-state index contributed by atoms with van der Waals surface area (Å²) in [5, 5.41) is 26.0. The van der Waals surface area contributed by atoms with E-state index in [9.17, 15) is 0 Å². The molecule has 18 rings (SSSR count). The number of hydrogen-bond acceptors (Lipinski definition) is 0. The van der Waals surface area contributed by atoms with Gasteiger partial charge in [-0.15, -0.1) is 0 Å². The van der Waals surface area contributed by atoms with Crippen molar-refractivity contribution in [1.29, 1.82) is 0 Å². The van der Waals surface area contributed by atoms with Crippen LogP contribution in [0.4, 0.5) is 0 Å². The predicted octanol–water partition coefficient (Wildman–Crippen LogP) is 23.2. The van der Waals surface area contributed by atoms with E-state index < -0.39 is 0 Å². The van der Waals surface area contributed by atoms with E-state index in [4.69, 9.17) is 0 Å². The Bertz CT molecular complexity index is 5460. The molecule has 0 N–H and O–H groups in total. The lowest BCUT2D eigenvalue weighted by atomic mass is 9.80. The molecule has 0 spiro atoms. The minimum Gasteiger partial charge on any atom is -0.0622 e. The summed E-state index contributed by atoms with van der Waals surface area (Å²) >= 11 is 0. The maximum Gasteiger partial charge on any atom is -0.000695 e. The van der Waals surface area contributed by atoms with Crippen molar-refractivity contribution >= 4 is 108 Å². The van der Waals surface area contributed by atoms with Gasteiger partial charge < -0.3 is 0 Å². The van der Waals surface area contributed by atoms with E-state index in [1.807, 2.05) is 0 Å². The number of hydrogen-bond donors (Lipinski definition) is 0. The number of fused-ring (bicyclic) bond motifs is 10. The van der Waals surface area contributed by atoms with Crippen LogP contribution in [0.25, 0.3) is 186 Å². The monoisotopic (exact) mass is 1030 g/mol. The van der Waals surface area contributed by atoms with Crippen LogP contribution in [0.2, 0.25) is 0 Å². The van der Waals surface area contributed by atoms with Crippen LogP contribution >= 0.6 is 0 Å². The molecule has 376 valence electrons. The second-order valence-electron chi connectivity index (χ2n) is 22.3. The first-order valence-corrected chi connectivity index (χ1v) is 28.7. The highest BCUT2D eigenvalue weighted by molar-refractivity contribution is 6.54. The molecule has 0 radical (unpaired) electrons. The van der Waals surface area contributed by atoms with E-state index in [0.29, 0.717) is 0 Å². The topological polar surface area (TPSA) is 0 Å². The average Bonchev–Trinajstić information content (AvgIpc) is 2.18. The number of rotatable bonds is 7. The van der Waals surface area contributed by atoms with Crippen LogP contribution in [0.15, 0.2) is 291 Å². The van der Waals surface area contributed by atoms with Crippen LogP contribution in [0.3, 0.4) is 0 Å². The normalized spacial score (nSPS) is 12.1.